The van der Waals surface area contributed by atoms with E-state index in [1.807, 2.05) is 6.92 Å². The summed E-state index contributed by atoms with van der Waals surface area (Å²) in [5.41, 5.74) is 0. The van der Waals surface area contributed by atoms with Gasteiger partial charge in [0.2, 0.25) is 0 Å². The molecule has 1 atom stereocenters. The Morgan fingerprint density at radius 2 is 2.50 bits per heavy atom. The molecule has 0 aliphatic carbocycles. The second kappa shape index (κ2) is 2.86. The highest BCUT2D eigenvalue weighted by molar-refractivity contribution is 5.87. The molecule has 1 aliphatic rings. The van der Waals surface area contributed by atoms with Crippen LogP contribution in [0.4, 0.5) is 0 Å². The molecule has 1 saturated heterocycles. The van der Waals surface area contributed by atoms with E-state index in [9.17, 15) is 4.79 Å². The molecule has 0 bridgehead atoms. The van der Waals surface area contributed by atoms with Crippen molar-refractivity contribution in [3.8, 4) is 0 Å². The normalized spacial score (nSPS) is 28.6. The van der Waals surface area contributed by atoms with E-state index in [0.717, 1.165) is 18.6 Å². The third-order valence-corrected chi connectivity index (χ3v) is 1.51. The van der Waals surface area contributed by atoms with Gasteiger partial charge >= 0.3 is 0 Å². The maximum Gasteiger partial charge on any atom is 0.155 e. The standard InChI is InChI=1S/C8H12O2/c1-6(9)5-8-4-3-7(2)10-8/h5,7H,3-4H2,1-2H3/b8-5-. The van der Waals surface area contributed by atoms with Gasteiger partial charge in [-0.15, -0.1) is 0 Å². The van der Waals surface area contributed by atoms with Gasteiger partial charge in [0, 0.05) is 12.5 Å². The number of ether oxygens (including phenoxy) is 1. The molecule has 0 N–H and O–H groups in total. The van der Waals surface area contributed by atoms with E-state index >= 15 is 0 Å². The van der Waals surface area contributed by atoms with E-state index in [4.69, 9.17) is 4.74 Å². The van der Waals surface area contributed by atoms with E-state index in [0.29, 0.717) is 6.10 Å². The van der Waals surface area contributed by atoms with Gasteiger partial charge < -0.3 is 4.74 Å². The predicted octanol–water partition coefficient (Wildman–Crippen LogP) is 1.66. The number of allylic oxidation sites excluding steroid dienone is 2. The summed E-state index contributed by atoms with van der Waals surface area (Å²) >= 11 is 0. The van der Waals surface area contributed by atoms with E-state index in [-0.39, 0.29) is 5.78 Å². The highest BCUT2D eigenvalue weighted by atomic mass is 16.5. The molecular weight excluding hydrogens is 128 g/mol. The summed E-state index contributed by atoms with van der Waals surface area (Å²) < 4.78 is 5.31. The number of hydrogen-bond acceptors (Lipinski definition) is 2. The van der Waals surface area contributed by atoms with Crippen LogP contribution in [0.2, 0.25) is 0 Å². The highest BCUT2D eigenvalue weighted by Gasteiger charge is 2.15. The molecule has 0 saturated carbocycles. The molecular formula is C8H12O2. The Morgan fingerprint density at radius 1 is 1.80 bits per heavy atom. The third kappa shape index (κ3) is 1.87. The van der Waals surface area contributed by atoms with Crippen LogP contribution in [0.3, 0.4) is 0 Å². The topological polar surface area (TPSA) is 26.3 Å². The fourth-order valence-electron chi connectivity index (χ4n) is 1.05. The first-order valence-corrected chi connectivity index (χ1v) is 3.56. The minimum atomic E-state index is 0.0732. The number of ketones is 1. The third-order valence-electron chi connectivity index (χ3n) is 1.51. The first-order valence-electron chi connectivity index (χ1n) is 3.56. The van der Waals surface area contributed by atoms with Gasteiger partial charge in [-0.1, -0.05) is 0 Å². The van der Waals surface area contributed by atoms with Crippen LogP contribution in [0.25, 0.3) is 0 Å². The molecule has 2 nitrogen and oxygen atoms in total. The van der Waals surface area contributed by atoms with Crippen LogP contribution in [0, 0.1) is 0 Å². The number of carbonyl (C=O) groups excluding carboxylic acids is 1. The Kier molecular flexibility index (Phi) is 2.10. The molecule has 0 aromatic carbocycles. The lowest BCUT2D eigenvalue weighted by Crippen LogP contribution is -1.95. The Labute approximate surface area is 60.9 Å². The van der Waals surface area contributed by atoms with Gasteiger partial charge in [0.05, 0.1) is 6.10 Å². The highest BCUT2D eigenvalue weighted by Crippen LogP contribution is 2.21. The van der Waals surface area contributed by atoms with Crippen molar-refractivity contribution in [2.75, 3.05) is 0 Å². The second-order valence-corrected chi connectivity index (χ2v) is 2.69. The molecule has 1 unspecified atom stereocenters. The minimum Gasteiger partial charge on any atom is -0.495 e. The van der Waals surface area contributed by atoms with Crippen molar-refractivity contribution >= 4 is 5.78 Å². The second-order valence-electron chi connectivity index (χ2n) is 2.69. The van der Waals surface area contributed by atoms with Crippen LogP contribution in [-0.4, -0.2) is 11.9 Å². The summed E-state index contributed by atoms with van der Waals surface area (Å²) in [6.45, 7) is 3.56. The van der Waals surface area contributed by atoms with Gasteiger partial charge in [-0.3, -0.25) is 4.79 Å². The molecule has 0 aromatic heterocycles. The molecule has 0 amide bonds. The molecule has 1 aliphatic heterocycles. The Balaban J connectivity index is 2.51. The Bertz CT molecular complexity index is 170. The van der Waals surface area contributed by atoms with Crippen molar-refractivity contribution in [2.24, 2.45) is 0 Å². The monoisotopic (exact) mass is 140 g/mol. The first-order chi connectivity index (χ1) is 4.68. The quantitative estimate of drug-likeness (QED) is 0.518. The van der Waals surface area contributed by atoms with Crippen LogP contribution in [0.1, 0.15) is 26.7 Å². The van der Waals surface area contributed by atoms with Crippen molar-refractivity contribution in [3.05, 3.63) is 11.8 Å². The average molecular weight is 140 g/mol. The largest absolute Gasteiger partial charge is 0.495 e. The molecule has 0 radical (unpaired) electrons. The van der Waals surface area contributed by atoms with Crippen molar-refractivity contribution < 1.29 is 9.53 Å². The van der Waals surface area contributed by atoms with Crippen LogP contribution in [0.5, 0.6) is 0 Å². The van der Waals surface area contributed by atoms with Crippen molar-refractivity contribution in [3.63, 3.8) is 0 Å². The van der Waals surface area contributed by atoms with E-state index < -0.39 is 0 Å². The minimum absolute atomic E-state index is 0.0732. The maximum atomic E-state index is 10.6. The molecule has 1 fully saturated rings. The Morgan fingerprint density at radius 3 is 2.90 bits per heavy atom. The average Bonchev–Trinajstić information content (AvgIpc) is 2.13. The van der Waals surface area contributed by atoms with Crippen LogP contribution < -0.4 is 0 Å². The molecule has 56 valence electrons. The van der Waals surface area contributed by atoms with Gasteiger partial charge in [0.25, 0.3) is 0 Å². The van der Waals surface area contributed by atoms with E-state index in [1.54, 1.807) is 13.0 Å². The molecule has 1 rings (SSSR count). The summed E-state index contributed by atoms with van der Waals surface area (Å²) in [5.74, 6) is 0.920. The first kappa shape index (κ1) is 7.32. The van der Waals surface area contributed by atoms with Crippen molar-refractivity contribution in [2.45, 2.75) is 32.8 Å². The number of rotatable bonds is 1. The lowest BCUT2D eigenvalue weighted by atomic mass is 10.2. The zero-order chi connectivity index (χ0) is 7.56. The maximum absolute atomic E-state index is 10.6. The zero-order valence-electron chi connectivity index (χ0n) is 6.39. The van der Waals surface area contributed by atoms with Gasteiger partial charge in [0.1, 0.15) is 5.76 Å². The van der Waals surface area contributed by atoms with Gasteiger partial charge in [0.15, 0.2) is 5.78 Å². The fraction of sp³-hybridized carbons (Fsp3) is 0.625. The summed E-state index contributed by atoms with van der Waals surface area (Å²) in [4.78, 5) is 10.6. The van der Waals surface area contributed by atoms with Crippen LogP contribution in [-0.2, 0) is 9.53 Å². The van der Waals surface area contributed by atoms with Crippen LogP contribution in [0.15, 0.2) is 11.8 Å². The number of carbonyl (C=O) groups is 1. The molecule has 0 aromatic rings. The summed E-state index contributed by atoms with van der Waals surface area (Å²) in [5, 5.41) is 0. The smallest absolute Gasteiger partial charge is 0.155 e. The van der Waals surface area contributed by atoms with Gasteiger partial charge in [-0.2, -0.15) is 0 Å². The predicted molar refractivity (Wildman–Crippen MR) is 38.5 cm³/mol. The Hall–Kier alpha value is -0.790. The van der Waals surface area contributed by atoms with Crippen LogP contribution >= 0.6 is 0 Å². The van der Waals surface area contributed by atoms with E-state index in [2.05, 4.69) is 0 Å². The van der Waals surface area contributed by atoms with Gasteiger partial charge in [-0.25, -0.2) is 0 Å². The lowest BCUT2D eigenvalue weighted by Gasteiger charge is -2.01. The molecule has 2 heteroatoms. The summed E-state index contributed by atoms with van der Waals surface area (Å²) in [7, 11) is 0. The van der Waals surface area contributed by atoms with Crippen molar-refractivity contribution in [1.82, 2.24) is 0 Å². The lowest BCUT2D eigenvalue weighted by molar-refractivity contribution is -0.112. The van der Waals surface area contributed by atoms with Gasteiger partial charge in [-0.05, 0) is 20.3 Å². The summed E-state index contributed by atoms with van der Waals surface area (Å²) in [6, 6.07) is 0. The zero-order valence-corrected chi connectivity index (χ0v) is 6.39. The fourth-order valence-corrected chi connectivity index (χ4v) is 1.05. The number of hydrogen-bond donors (Lipinski definition) is 0. The SMILES string of the molecule is CC(=O)/C=C1/CCC(C)O1. The molecule has 10 heavy (non-hydrogen) atoms. The molecule has 0 spiro atoms. The van der Waals surface area contributed by atoms with Crippen molar-refractivity contribution in [1.29, 1.82) is 0 Å². The van der Waals surface area contributed by atoms with E-state index in [1.165, 1.54) is 0 Å². The molecule has 1 heterocycles. The summed E-state index contributed by atoms with van der Waals surface area (Å²) in [6.07, 6.45) is 3.83.